The molecule has 1 aromatic carbocycles. The highest BCUT2D eigenvalue weighted by molar-refractivity contribution is 6.14. The van der Waals surface area contributed by atoms with Crippen LogP contribution in [-0.2, 0) is 0 Å². The van der Waals surface area contributed by atoms with E-state index in [-0.39, 0.29) is 0 Å². The minimum Gasteiger partial charge on any atom is -0.370 e. The molecule has 0 amide bonds. The van der Waals surface area contributed by atoms with Gasteiger partial charge in [-0.05, 0) is 31.0 Å². The van der Waals surface area contributed by atoms with Gasteiger partial charge in [0, 0.05) is 23.9 Å². The Morgan fingerprint density at radius 2 is 1.74 bits per heavy atom. The van der Waals surface area contributed by atoms with Crippen LogP contribution in [0.5, 0.6) is 0 Å². The summed E-state index contributed by atoms with van der Waals surface area (Å²) in [4.78, 5) is 4.44. The van der Waals surface area contributed by atoms with Crippen molar-refractivity contribution in [1.82, 2.24) is 4.98 Å². The molecule has 122 valence electrons. The first-order chi connectivity index (χ1) is 11.2. The van der Waals surface area contributed by atoms with Crippen LogP contribution in [0.25, 0.3) is 0 Å². The summed E-state index contributed by atoms with van der Waals surface area (Å²) in [5.41, 5.74) is 3.48. The monoisotopic (exact) mass is 309 g/mol. The van der Waals surface area contributed by atoms with Crippen LogP contribution >= 0.6 is 0 Å². The van der Waals surface area contributed by atoms with Crippen molar-refractivity contribution in [3.05, 3.63) is 59.3 Å². The van der Waals surface area contributed by atoms with Gasteiger partial charge < -0.3 is 5.32 Å². The maximum absolute atomic E-state index is 8.54. The average molecular weight is 309 g/mol. The van der Waals surface area contributed by atoms with Gasteiger partial charge >= 0.3 is 0 Å². The highest BCUT2D eigenvalue weighted by Gasteiger charge is 2.12. The highest BCUT2D eigenvalue weighted by atomic mass is 15.0. The fraction of sp³-hybridized carbons (Fsp3) is 0.400. The summed E-state index contributed by atoms with van der Waals surface area (Å²) in [6, 6.07) is 11.9. The molecule has 0 fully saturated rings. The number of nitrogens with zero attached hydrogens (tertiary/aromatic N) is 1. The summed E-state index contributed by atoms with van der Waals surface area (Å²) in [5, 5.41) is 12.0. The van der Waals surface area contributed by atoms with Crippen LogP contribution in [0.3, 0.4) is 0 Å². The van der Waals surface area contributed by atoms with Crippen molar-refractivity contribution in [3.63, 3.8) is 0 Å². The molecular weight excluding hydrogens is 282 g/mol. The van der Waals surface area contributed by atoms with E-state index in [4.69, 9.17) is 5.41 Å². The van der Waals surface area contributed by atoms with Crippen LogP contribution in [0.2, 0.25) is 0 Å². The van der Waals surface area contributed by atoms with Gasteiger partial charge in [-0.2, -0.15) is 0 Å². The molecule has 2 N–H and O–H groups in total. The van der Waals surface area contributed by atoms with E-state index in [2.05, 4.69) is 17.2 Å². The van der Waals surface area contributed by atoms with E-state index >= 15 is 0 Å². The normalized spacial score (nSPS) is 10.5. The minimum absolute atomic E-state index is 0.532. The quantitative estimate of drug-likeness (QED) is 0.495. The third kappa shape index (κ3) is 4.92. The predicted molar refractivity (Wildman–Crippen MR) is 98.6 cm³/mol. The van der Waals surface area contributed by atoms with E-state index in [1.54, 1.807) is 6.20 Å². The van der Waals surface area contributed by atoms with Gasteiger partial charge in [0.05, 0.1) is 5.71 Å². The number of benzene rings is 1. The van der Waals surface area contributed by atoms with Gasteiger partial charge in [0.1, 0.15) is 5.82 Å². The average Bonchev–Trinajstić information content (AvgIpc) is 2.58. The Bertz CT molecular complexity index is 634. The summed E-state index contributed by atoms with van der Waals surface area (Å²) in [6.07, 6.45) is 8.06. The fourth-order valence-corrected chi connectivity index (χ4v) is 2.68. The predicted octanol–water partition coefficient (Wildman–Crippen LogP) is 5.19. The second-order valence-electron chi connectivity index (χ2n) is 5.93. The molecule has 0 unspecified atom stereocenters. The first-order valence-corrected chi connectivity index (χ1v) is 8.58. The Balaban J connectivity index is 2.03. The molecule has 1 aromatic heterocycles. The third-order valence-electron chi connectivity index (χ3n) is 4.06. The van der Waals surface area contributed by atoms with Crippen molar-refractivity contribution in [2.75, 3.05) is 11.9 Å². The van der Waals surface area contributed by atoms with Crippen molar-refractivity contribution in [1.29, 1.82) is 5.41 Å². The Morgan fingerprint density at radius 1 is 1.00 bits per heavy atom. The molecule has 0 aliphatic rings. The van der Waals surface area contributed by atoms with Crippen molar-refractivity contribution in [3.8, 4) is 0 Å². The van der Waals surface area contributed by atoms with Gasteiger partial charge in [0.2, 0.25) is 0 Å². The number of rotatable bonds is 9. The fourth-order valence-electron chi connectivity index (χ4n) is 2.68. The molecule has 0 saturated carbocycles. The van der Waals surface area contributed by atoms with Crippen molar-refractivity contribution in [2.45, 2.75) is 46.0 Å². The molecule has 0 aliphatic heterocycles. The number of aromatic nitrogens is 1. The SMILES string of the molecule is CCCCCCCNc1ncccc1C(=N)c1ccccc1C. The summed E-state index contributed by atoms with van der Waals surface area (Å²) >= 11 is 0. The van der Waals surface area contributed by atoms with Gasteiger partial charge in [-0.1, -0.05) is 56.9 Å². The Kier molecular flexibility index (Phi) is 6.79. The molecule has 23 heavy (non-hydrogen) atoms. The van der Waals surface area contributed by atoms with Gasteiger partial charge in [-0.25, -0.2) is 4.98 Å². The second kappa shape index (κ2) is 9.09. The third-order valence-corrected chi connectivity index (χ3v) is 4.06. The molecule has 0 radical (unpaired) electrons. The summed E-state index contributed by atoms with van der Waals surface area (Å²) in [5.74, 6) is 0.816. The smallest absolute Gasteiger partial charge is 0.135 e. The molecule has 0 saturated heterocycles. The molecule has 0 bridgehead atoms. The molecular formula is C20H27N3. The number of unbranched alkanes of at least 4 members (excludes halogenated alkanes) is 4. The van der Waals surface area contributed by atoms with Crippen molar-refractivity contribution < 1.29 is 0 Å². The van der Waals surface area contributed by atoms with E-state index in [1.807, 2.05) is 43.3 Å². The highest BCUT2D eigenvalue weighted by Crippen LogP contribution is 2.19. The van der Waals surface area contributed by atoms with Crippen LogP contribution in [0.1, 0.15) is 55.7 Å². The van der Waals surface area contributed by atoms with Crippen molar-refractivity contribution in [2.24, 2.45) is 0 Å². The van der Waals surface area contributed by atoms with E-state index in [0.29, 0.717) is 5.71 Å². The van der Waals surface area contributed by atoms with E-state index in [9.17, 15) is 0 Å². The van der Waals surface area contributed by atoms with Crippen LogP contribution in [0.4, 0.5) is 5.82 Å². The lowest BCUT2D eigenvalue weighted by Crippen LogP contribution is -2.11. The number of nitrogens with one attached hydrogen (secondary N) is 2. The first-order valence-electron chi connectivity index (χ1n) is 8.58. The van der Waals surface area contributed by atoms with Gasteiger partial charge in [-0.15, -0.1) is 0 Å². The maximum atomic E-state index is 8.54. The summed E-state index contributed by atoms with van der Waals surface area (Å²) in [6.45, 7) is 5.19. The van der Waals surface area contributed by atoms with E-state index < -0.39 is 0 Å². The van der Waals surface area contributed by atoms with Gasteiger partial charge in [0.15, 0.2) is 0 Å². The van der Waals surface area contributed by atoms with Crippen LogP contribution in [0.15, 0.2) is 42.6 Å². The number of pyridine rings is 1. The number of anilines is 1. The number of aryl methyl sites for hydroxylation is 1. The summed E-state index contributed by atoms with van der Waals surface area (Å²) in [7, 11) is 0. The standard InChI is InChI=1S/C20H27N3/c1-3-4-5-6-9-14-22-20-18(13-10-15-23-20)19(21)17-12-8-7-11-16(17)2/h7-8,10-13,15,21H,3-6,9,14H2,1-2H3,(H,22,23). The largest absolute Gasteiger partial charge is 0.370 e. The van der Waals surface area contributed by atoms with Crippen molar-refractivity contribution >= 4 is 11.5 Å². The number of hydrogen-bond acceptors (Lipinski definition) is 3. The molecule has 0 spiro atoms. The zero-order chi connectivity index (χ0) is 16.5. The Hall–Kier alpha value is -2.16. The molecule has 0 aliphatic carbocycles. The minimum atomic E-state index is 0.532. The Morgan fingerprint density at radius 3 is 2.52 bits per heavy atom. The maximum Gasteiger partial charge on any atom is 0.135 e. The molecule has 3 nitrogen and oxygen atoms in total. The van der Waals surface area contributed by atoms with Crippen LogP contribution < -0.4 is 5.32 Å². The molecule has 3 heteroatoms. The number of hydrogen-bond donors (Lipinski definition) is 2. The first kappa shape index (κ1) is 17.2. The molecule has 0 atom stereocenters. The lowest BCUT2D eigenvalue weighted by Gasteiger charge is -2.13. The van der Waals surface area contributed by atoms with Gasteiger partial charge in [0.25, 0.3) is 0 Å². The lowest BCUT2D eigenvalue weighted by molar-refractivity contribution is 0.645. The van der Waals surface area contributed by atoms with Crippen LogP contribution in [0, 0.1) is 12.3 Å². The van der Waals surface area contributed by atoms with Crippen LogP contribution in [-0.4, -0.2) is 17.2 Å². The lowest BCUT2D eigenvalue weighted by atomic mass is 9.99. The van der Waals surface area contributed by atoms with E-state index in [0.717, 1.165) is 35.5 Å². The zero-order valence-corrected chi connectivity index (χ0v) is 14.2. The second-order valence-corrected chi connectivity index (χ2v) is 5.93. The molecule has 2 rings (SSSR count). The van der Waals surface area contributed by atoms with E-state index in [1.165, 1.54) is 25.7 Å². The topological polar surface area (TPSA) is 48.8 Å². The Labute approximate surface area is 139 Å². The molecule has 2 aromatic rings. The molecule has 1 heterocycles. The zero-order valence-electron chi connectivity index (χ0n) is 14.2. The summed E-state index contributed by atoms with van der Waals surface area (Å²) < 4.78 is 0. The van der Waals surface area contributed by atoms with Gasteiger partial charge in [-0.3, -0.25) is 5.41 Å².